The van der Waals surface area contributed by atoms with E-state index in [2.05, 4.69) is 10.1 Å². The number of hydrogen-bond acceptors (Lipinski definition) is 6. The van der Waals surface area contributed by atoms with E-state index in [-0.39, 0.29) is 40.5 Å². The number of rotatable bonds is 5. The largest absolute Gasteiger partial charge is 0.466 e. The number of methoxy groups -OCH3 is 1. The van der Waals surface area contributed by atoms with E-state index in [1.165, 1.54) is 24.3 Å². The van der Waals surface area contributed by atoms with Gasteiger partial charge < -0.3 is 19.5 Å². The van der Waals surface area contributed by atoms with Crippen molar-refractivity contribution in [2.75, 3.05) is 20.4 Å². The summed E-state index contributed by atoms with van der Waals surface area (Å²) in [5.41, 5.74) is 0.0933. The highest BCUT2D eigenvalue weighted by Crippen LogP contribution is 2.44. The number of allylic oxidation sites excluding steroid dienone is 1. The van der Waals surface area contributed by atoms with E-state index < -0.39 is 31.1 Å². The van der Waals surface area contributed by atoms with E-state index in [0.29, 0.717) is 0 Å². The van der Waals surface area contributed by atoms with Crippen LogP contribution in [0, 0.1) is 0 Å². The van der Waals surface area contributed by atoms with Crippen LogP contribution in [0.15, 0.2) is 46.8 Å². The number of cyclic esters (lactones) is 1. The zero-order valence-electron chi connectivity index (χ0n) is 13.6. The Kier molecular flexibility index (Phi) is 4.88. The molecule has 1 aromatic carbocycles. The monoisotopic (exact) mass is 369 g/mol. The Bertz CT molecular complexity index is 818. The number of halogens is 3. The maximum atomic E-state index is 13.6. The second-order valence-electron chi connectivity index (χ2n) is 5.46. The van der Waals surface area contributed by atoms with Crippen molar-refractivity contribution >= 4 is 11.9 Å². The van der Waals surface area contributed by atoms with Gasteiger partial charge in [0.2, 0.25) is 0 Å². The molecule has 9 heteroatoms. The molecule has 0 spiro atoms. The molecule has 0 fully saturated rings. The Morgan fingerprint density at radius 2 is 2.12 bits per heavy atom. The maximum Gasteiger partial charge on any atom is 0.387 e. The summed E-state index contributed by atoms with van der Waals surface area (Å²) in [4.78, 5) is 24.5. The van der Waals surface area contributed by atoms with Crippen LogP contribution in [0.5, 0.6) is 5.75 Å². The smallest absolute Gasteiger partial charge is 0.387 e. The van der Waals surface area contributed by atoms with Gasteiger partial charge in [-0.2, -0.15) is 8.78 Å². The van der Waals surface area contributed by atoms with Crippen LogP contribution in [0.4, 0.5) is 13.2 Å². The summed E-state index contributed by atoms with van der Waals surface area (Å²) in [5, 5.41) is 2.67. The van der Waals surface area contributed by atoms with Crippen molar-refractivity contribution < 1.29 is 37.0 Å². The van der Waals surface area contributed by atoms with E-state index in [1.807, 2.05) is 0 Å². The van der Waals surface area contributed by atoms with Crippen molar-refractivity contribution in [2.45, 2.75) is 12.5 Å². The third kappa shape index (κ3) is 3.00. The number of para-hydroxylation sites is 1. The fourth-order valence-corrected chi connectivity index (χ4v) is 3.07. The van der Waals surface area contributed by atoms with Crippen LogP contribution in [0.1, 0.15) is 11.5 Å². The van der Waals surface area contributed by atoms with Crippen LogP contribution in [0.3, 0.4) is 0 Å². The van der Waals surface area contributed by atoms with Crippen molar-refractivity contribution in [3.05, 3.63) is 52.4 Å². The second-order valence-corrected chi connectivity index (χ2v) is 5.46. The molecular formula is C17H14F3NO5. The third-order valence-electron chi connectivity index (χ3n) is 4.08. The van der Waals surface area contributed by atoms with Gasteiger partial charge in [-0.25, -0.2) is 14.0 Å². The van der Waals surface area contributed by atoms with E-state index in [0.717, 1.165) is 7.11 Å². The molecule has 0 saturated carbocycles. The Morgan fingerprint density at radius 3 is 2.77 bits per heavy atom. The first-order chi connectivity index (χ1) is 12.5. The second kappa shape index (κ2) is 7.11. The molecule has 138 valence electrons. The molecule has 0 radical (unpaired) electrons. The van der Waals surface area contributed by atoms with E-state index >= 15 is 0 Å². The van der Waals surface area contributed by atoms with Gasteiger partial charge in [0.25, 0.3) is 0 Å². The number of esters is 2. The van der Waals surface area contributed by atoms with Gasteiger partial charge in [0.15, 0.2) is 0 Å². The lowest BCUT2D eigenvalue weighted by atomic mass is 9.80. The first kappa shape index (κ1) is 17.8. The van der Waals surface area contributed by atoms with Gasteiger partial charge in [-0.3, -0.25) is 0 Å². The number of carbonyl (C=O) groups is 2. The molecule has 1 unspecified atom stereocenters. The third-order valence-corrected chi connectivity index (χ3v) is 4.08. The van der Waals surface area contributed by atoms with Gasteiger partial charge in [0.1, 0.15) is 19.0 Å². The van der Waals surface area contributed by atoms with E-state index in [9.17, 15) is 22.8 Å². The predicted molar refractivity (Wildman–Crippen MR) is 82.0 cm³/mol. The number of ether oxygens (including phenoxy) is 3. The fourth-order valence-electron chi connectivity index (χ4n) is 3.07. The molecule has 0 bridgehead atoms. The van der Waals surface area contributed by atoms with Crippen LogP contribution in [0.25, 0.3) is 0 Å². The SMILES string of the molecule is COC(=O)C1=C(CF)NC2=C(C(=O)OC2)C1c1ccccc1OC(F)F. The predicted octanol–water partition coefficient (Wildman–Crippen LogP) is 2.18. The Labute approximate surface area is 146 Å². The number of hydrogen-bond donors (Lipinski definition) is 1. The summed E-state index contributed by atoms with van der Waals surface area (Å²) in [5.74, 6) is -3.02. The van der Waals surface area contributed by atoms with Crippen molar-refractivity contribution in [1.82, 2.24) is 5.32 Å². The molecule has 1 atom stereocenters. The van der Waals surface area contributed by atoms with Crippen LogP contribution < -0.4 is 10.1 Å². The van der Waals surface area contributed by atoms with Crippen molar-refractivity contribution in [2.24, 2.45) is 0 Å². The number of nitrogens with one attached hydrogen (secondary N) is 1. The van der Waals surface area contributed by atoms with Crippen LogP contribution in [0.2, 0.25) is 0 Å². The molecule has 0 amide bonds. The summed E-state index contributed by atoms with van der Waals surface area (Å²) < 4.78 is 53.3. The molecule has 26 heavy (non-hydrogen) atoms. The first-order valence-electron chi connectivity index (χ1n) is 7.56. The molecule has 2 aliphatic rings. The number of dihydropyridines is 1. The molecule has 1 N–H and O–H groups in total. The van der Waals surface area contributed by atoms with Crippen molar-refractivity contribution in [1.29, 1.82) is 0 Å². The zero-order chi connectivity index (χ0) is 18.8. The molecule has 1 aromatic rings. The molecule has 6 nitrogen and oxygen atoms in total. The molecule has 0 aliphatic carbocycles. The lowest BCUT2D eigenvalue weighted by Gasteiger charge is -2.28. The zero-order valence-corrected chi connectivity index (χ0v) is 13.6. The number of carbonyl (C=O) groups excluding carboxylic acids is 2. The van der Waals surface area contributed by atoms with E-state index in [4.69, 9.17) is 9.47 Å². The quantitative estimate of drug-likeness (QED) is 0.802. The number of alkyl halides is 3. The minimum absolute atomic E-state index is 0.0351. The average molecular weight is 369 g/mol. The Morgan fingerprint density at radius 1 is 1.38 bits per heavy atom. The lowest BCUT2D eigenvalue weighted by molar-refractivity contribution is -0.136. The number of benzene rings is 1. The molecule has 3 rings (SSSR count). The van der Waals surface area contributed by atoms with Gasteiger partial charge in [0, 0.05) is 5.56 Å². The fraction of sp³-hybridized carbons (Fsp3) is 0.294. The molecule has 2 heterocycles. The van der Waals surface area contributed by atoms with Crippen LogP contribution >= 0.6 is 0 Å². The normalized spacial score (nSPS) is 19.3. The molecular weight excluding hydrogens is 355 g/mol. The summed E-state index contributed by atoms with van der Waals surface area (Å²) in [6, 6.07) is 5.68. The minimum Gasteiger partial charge on any atom is -0.466 e. The van der Waals surface area contributed by atoms with Crippen molar-refractivity contribution in [3.63, 3.8) is 0 Å². The van der Waals surface area contributed by atoms with Crippen molar-refractivity contribution in [3.8, 4) is 5.75 Å². The van der Waals surface area contributed by atoms with Gasteiger partial charge in [-0.15, -0.1) is 0 Å². The lowest BCUT2D eigenvalue weighted by Crippen LogP contribution is -2.32. The maximum absolute atomic E-state index is 13.6. The van der Waals surface area contributed by atoms with Crippen LogP contribution in [-0.4, -0.2) is 38.9 Å². The molecule has 0 saturated heterocycles. The summed E-state index contributed by atoms with van der Waals surface area (Å²) in [6.45, 7) is -4.31. The van der Waals surface area contributed by atoms with Gasteiger partial charge >= 0.3 is 18.6 Å². The topological polar surface area (TPSA) is 73.9 Å². The standard InChI is InChI=1S/C17H14F3NO5/c1-24-15(22)13-9(6-18)21-10-7-25-16(23)14(10)12(13)8-4-2-3-5-11(8)26-17(19)20/h2-5,12,17,21H,6-7H2,1H3. The van der Waals surface area contributed by atoms with Gasteiger partial charge in [-0.1, -0.05) is 18.2 Å². The van der Waals surface area contributed by atoms with Crippen LogP contribution in [-0.2, 0) is 19.1 Å². The summed E-state index contributed by atoms with van der Waals surface area (Å²) in [7, 11) is 1.10. The summed E-state index contributed by atoms with van der Waals surface area (Å²) in [6.07, 6.45) is 0. The highest BCUT2D eigenvalue weighted by Gasteiger charge is 2.43. The molecule has 0 aromatic heterocycles. The Hall–Kier alpha value is -2.97. The average Bonchev–Trinajstić information content (AvgIpc) is 3.00. The summed E-state index contributed by atoms with van der Waals surface area (Å²) >= 11 is 0. The Balaban J connectivity index is 2.22. The first-order valence-corrected chi connectivity index (χ1v) is 7.56. The molecule has 2 aliphatic heterocycles. The van der Waals surface area contributed by atoms with E-state index in [1.54, 1.807) is 0 Å². The van der Waals surface area contributed by atoms with Gasteiger partial charge in [0.05, 0.1) is 35.6 Å². The highest BCUT2D eigenvalue weighted by molar-refractivity contribution is 6.01. The van der Waals surface area contributed by atoms with Gasteiger partial charge in [-0.05, 0) is 6.07 Å². The minimum atomic E-state index is -3.12. The highest BCUT2D eigenvalue weighted by atomic mass is 19.3.